The number of ether oxygens (including phenoxy) is 1. The zero-order valence-electron chi connectivity index (χ0n) is 10.5. The van der Waals surface area contributed by atoms with E-state index in [9.17, 15) is 15.3 Å². The van der Waals surface area contributed by atoms with Gasteiger partial charge < -0.3 is 25.0 Å². The molecule has 2 aromatic rings. The molecule has 2 aromatic heterocycles. The number of imidazole rings is 1. The van der Waals surface area contributed by atoms with Crippen LogP contribution in [0.3, 0.4) is 0 Å². The smallest absolute Gasteiger partial charge is 0.165 e. The van der Waals surface area contributed by atoms with Crippen molar-refractivity contribution in [3.05, 3.63) is 17.3 Å². The second kappa shape index (κ2) is 4.86. The molecule has 3 rings (SSSR count). The van der Waals surface area contributed by atoms with Gasteiger partial charge in [0.25, 0.3) is 0 Å². The minimum absolute atomic E-state index is 0.331. The van der Waals surface area contributed by atoms with Crippen molar-refractivity contribution in [1.82, 2.24) is 19.5 Å². The van der Waals surface area contributed by atoms with Crippen LogP contribution in [0.15, 0.2) is 12.7 Å². The quantitative estimate of drug-likeness (QED) is 0.552. The van der Waals surface area contributed by atoms with Gasteiger partial charge in [0.05, 0.1) is 18.8 Å². The van der Waals surface area contributed by atoms with Crippen LogP contribution in [-0.4, -0.2) is 59.3 Å². The largest absolute Gasteiger partial charge is 0.391 e. The highest BCUT2D eigenvalue weighted by Crippen LogP contribution is 2.32. The molecule has 0 radical (unpaired) electrons. The third kappa shape index (κ3) is 1.95. The van der Waals surface area contributed by atoms with E-state index in [-0.39, 0.29) is 0 Å². The fourth-order valence-corrected chi connectivity index (χ4v) is 2.58. The Morgan fingerprint density at radius 3 is 2.80 bits per heavy atom. The van der Waals surface area contributed by atoms with Crippen molar-refractivity contribution in [3.63, 3.8) is 0 Å². The van der Waals surface area contributed by atoms with Gasteiger partial charge in [-0.2, -0.15) is 0 Å². The Morgan fingerprint density at radius 1 is 1.40 bits per heavy atom. The van der Waals surface area contributed by atoms with Crippen LogP contribution in [0.1, 0.15) is 13.2 Å². The van der Waals surface area contributed by atoms with Crippen molar-refractivity contribution in [1.29, 1.82) is 0 Å². The Hall–Kier alpha value is -1.39. The number of aliphatic hydroxyl groups excluding tert-OH is 3. The molecule has 108 valence electrons. The third-order valence-corrected chi connectivity index (χ3v) is 3.70. The SMILES string of the molecule is C[C@@H](O)[C@@H]1O[C@@H](n2cnc3c(=S)nc[nH]c32)[C@@H](O)[C@H]1O. The average molecular weight is 298 g/mol. The van der Waals surface area contributed by atoms with Crippen molar-refractivity contribution >= 4 is 23.4 Å². The summed E-state index contributed by atoms with van der Waals surface area (Å²) in [5.41, 5.74) is 1.01. The van der Waals surface area contributed by atoms with Crippen LogP contribution >= 0.6 is 12.2 Å². The van der Waals surface area contributed by atoms with Gasteiger partial charge in [0, 0.05) is 0 Å². The second-order valence-electron chi connectivity index (χ2n) is 4.77. The fourth-order valence-electron chi connectivity index (χ4n) is 2.38. The van der Waals surface area contributed by atoms with E-state index in [1.807, 2.05) is 0 Å². The van der Waals surface area contributed by atoms with Gasteiger partial charge >= 0.3 is 0 Å². The van der Waals surface area contributed by atoms with Crippen LogP contribution < -0.4 is 0 Å². The zero-order chi connectivity index (χ0) is 14.4. The molecule has 1 aliphatic rings. The van der Waals surface area contributed by atoms with Gasteiger partial charge in [0.1, 0.15) is 29.5 Å². The summed E-state index contributed by atoms with van der Waals surface area (Å²) in [7, 11) is 0. The first-order valence-corrected chi connectivity index (χ1v) is 6.51. The lowest BCUT2D eigenvalue weighted by Crippen LogP contribution is -2.37. The highest BCUT2D eigenvalue weighted by atomic mass is 32.1. The molecule has 0 spiro atoms. The van der Waals surface area contributed by atoms with E-state index in [0.29, 0.717) is 15.8 Å². The predicted molar refractivity (Wildman–Crippen MR) is 70.3 cm³/mol. The molecule has 3 heterocycles. The number of aromatic amines is 1. The van der Waals surface area contributed by atoms with Gasteiger partial charge in [-0.1, -0.05) is 12.2 Å². The minimum Gasteiger partial charge on any atom is -0.391 e. The summed E-state index contributed by atoms with van der Waals surface area (Å²) >= 11 is 5.06. The third-order valence-electron chi connectivity index (χ3n) is 3.40. The Kier molecular flexibility index (Phi) is 3.30. The van der Waals surface area contributed by atoms with Crippen LogP contribution in [0.5, 0.6) is 0 Å². The lowest BCUT2D eigenvalue weighted by molar-refractivity contribution is -0.0777. The maximum atomic E-state index is 10.1. The summed E-state index contributed by atoms with van der Waals surface area (Å²) in [5.74, 6) is 0. The molecule has 1 saturated heterocycles. The van der Waals surface area contributed by atoms with Crippen molar-refractivity contribution in [2.45, 2.75) is 37.6 Å². The predicted octanol–water partition coefficient (Wildman–Crippen LogP) is -0.511. The second-order valence-corrected chi connectivity index (χ2v) is 5.16. The van der Waals surface area contributed by atoms with Crippen LogP contribution in [0.2, 0.25) is 0 Å². The lowest BCUT2D eigenvalue weighted by atomic mass is 10.1. The zero-order valence-corrected chi connectivity index (χ0v) is 11.4. The van der Waals surface area contributed by atoms with E-state index in [0.717, 1.165) is 0 Å². The van der Waals surface area contributed by atoms with Crippen LogP contribution in [-0.2, 0) is 4.74 Å². The molecule has 0 saturated carbocycles. The number of hydrogen-bond acceptors (Lipinski definition) is 7. The topological polar surface area (TPSA) is 116 Å². The lowest BCUT2D eigenvalue weighted by Gasteiger charge is -2.17. The number of aliphatic hydroxyl groups is 3. The summed E-state index contributed by atoms with van der Waals surface area (Å²) in [6.45, 7) is 1.49. The van der Waals surface area contributed by atoms with E-state index in [2.05, 4.69) is 15.0 Å². The molecule has 0 bridgehead atoms. The normalized spacial score (nSPS) is 31.8. The van der Waals surface area contributed by atoms with E-state index >= 15 is 0 Å². The van der Waals surface area contributed by atoms with Gasteiger partial charge in [0.15, 0.2) is 10.9 Å². The first kappa shape index (κ1) is 13.6. The first-order valence-electron chi connectivity index (χ1n) is 6.10. The first-order chi connectivity index (χ1) is 9.50. The maximum absolute atomic E-state index is 10.1. The highest BCUT2D eigenvalue weighted by Gasteiger charge is 2.46. The van der Waals surface area contributed by atoms with E-state index < -0.39 is 30.6 Å². The molecule has 9 heteroatoms. The standard InChI is InChI=1S/C11H14N4O4S/c1-4(16)8-6(17)7(18)11(19-8)15-3-14-5-9(15)12-2-13-10(5)20/h2-4,6-8,11,16-18H,1H3,(H,12,13,20)/t4-,6-,7+,8+,11-/m1/s1. The molecule has 0 aromatic carbocycles. The molecule has 0 unspecified atom stereocenters. The van der Waals surface area contributed by atoms with E-state index in [1.165, 1.54) is 24.1 Å². The molecule has 0 amide bonds. The molecule has 20 heavy (non-hydrogen) atoms. The molecule has 8 nitrogen and oxygen atoms in total. The average Bonchev–Trinajstić information content (AvgIpc) is 2.94. The van der Waals surface area contributed by atoms with Crippen molar-refractivity contribution < 1.29 is 20.1 Å². The summed E-state index contributed by atoms with van der Waals surface area (Å²) in [5, 5.41) is 29.6. The maximum Gasteiger partial charge on any atom is 0.165 e. The number of nitrogens with zero attached hydrogens (tertiary/aromatic N) is 3. The van der Waals surface area contributed by atoms with Gasteiger partial charge in [0.2, 0.25) is 0 Å². The van der Waals surface area contributed by atoms with E-state index in [1.54, 1.807) is 0 Å². The summed E-state index contributed by atoms with van der Waals surface area (Å²) in [6.07, 6.45) is -2.11. The van der Waals surface area contributed by atoms with E-state index in [4.69, 9.17) is 17.0 Å². The number of H-pyrrole nitrogens is 1. The van der Waals surface area contributed by atoms with Gasteiger partial charge in [-0.15, -0.1) is 0 Å². The molecule has 4 N–H and O–H groups in total. The van der Waals surface area contributed by atoms with Gasteiger partial charge in [-0.3, -0.25) is 4.57 Å². The van der Waals surface area contributed by atoms with Crippen molar-refractivity contribution in [3.8, 4) is 0 Å². The molecule has 1 aliphatic heterocycles. The number of nitrogens with one attached hydrogen (secondary N) is 1. The number of aromatic nitrogens is 4. The van der Waals surface area contributed by atoms with Crippen molar-refractivity contribution in [2.24, 2.45) is 0 Å². The molecule has 5 atom stereocenters. The summed E-state index contributed by atoms with van der Waals surface area (Å²) < 4.78 is 7.40. The minimum atomic E-state index is -1.18. The molecule has 0 aliphatic carbocycles. The summed E-state index contributed by atoms with van der Waals surface area (Å²) in [4.78, 5) is 10.9. The Morgan fingerprint density at radius 2 is 2.15 bits per heavy atom. The van der Waals surface area contributed by atoms with Crippen LogP contribution in [0, 0.1) is 4.64 Å². The summed E-state index contributed by atoms with van der Waals surface area (Å²) in [6, 6.07) is 0. The number of fused-ring (bicyclic) bond motifs is 1. The highest BCUT2D eigenvalue weighted by molar-refractivity contribution is 7.71. The monoisotopic (exact) mass is 298 g/mol. The molecule has 1 fully saturated rings. The Balaban J connectivity index is 2.04. The molecular weight excluding hydrogens is 284 g/mol. The molecular formula is C11H14N4O4S. The van der Waals surface area contributed by atoms with Gasteiger partial charge in [-0.25, -0.2) is 9.97 Å². The van der Waals surface area contributed by atoms with Crippen LogP contribution in [0.4, 0.5) is 0 Å². The Labute approximate surface area is 118 Å². The number of hydrogen-bond donors (Lipinski definition) is 4. The number of rotatable bonds is 2. The fraction of sp³-hybridized carbons (Fsp3) is 0.545. The Bertz CT molecular complexity index is 684. The van der Waals surface area contributed by atoms with Crippen molar-refractivity contribution in [2.75, 3.05) is 0 Å². The van der Waals surface area contributed by atoms with Crippen LogP contribution in [0.25, 0.3) is 11.2 Å². The van der Waals surface area contributed by atoms with Gasteiger partial charge in [-0.05, 0) is 6.92 Å².